The van der Waals surface area contributed by atoms with Gasteiger partial charge in [0.2, 0.25) is 0 Å². The van der Waals surface area contributed by atoms with E-state index in [0.717, 1.165) is 11.1 Å². The summed E-state index contributed by atoms with van der Waals surface area (Å²) in [5, 5.41) is 0. The van der Waals surface area contributed by atoms with Gasteiger partial charge in [-0.25, -0.2) is 0 Å². The summed E-state index contributed by atoms with van der Waals surface area (Å²) in [7, 11) is 1.35. The number of ether oxygens (including phenoxy) is 1. The van der Waals surface area contributed by atoms with Gasteiger partial charge in [-0.2, -0.15) is 0 Å². The van der Waals surface area contributed by atoms with Crippen molar-refractivity contribution in [2.24, 2.45) is 0 Å². The first kappa shape index (κ1) is 11.2. The van der Waals surface area contributed by atoms with Crippen LogP contribution in [-0.2, 0) is 20.7 Å². The minimum absolute atomic E-state index is 0.218. The summed E-state index contributed by atoms with van der Waals surface area (Å²) in [6, 6.07) is 7.38. The van der Waals surface area contributed by atoms with E-state index < -0.39 is 0 Å². The highest BCUT2D eigenvalue weighted by molar-refractivity contribution is 5.77. The van der Waals surface area contributed by atoms with E-state index in [1.165, 1.54) is 13.2 Å². The van der Waals surface area contributed by atoms with Gasteiger partial charge in [0.1, 0.15) is 6.29 Å². The summed E-state index contributed by atoms with van der Waals surface area (Å²) in [6.45, 7) is 0. The Kier molecular flexibility index (Phi) is 4.29. The van der Waals surface area contributed by atoms with Gasteiger partial charge in [0, 0.05) is 0 Å². The normalized spacial score (nSPS) is 10.2. The van der Waals surface area contributed by atoms with Crippen molar-refractivity contribution in [3.8, 4) is 0 Å². The van der Waals surface area contributed by atoms with E-state index in [9.17, 15) is 9.59 Å². The van der Waals surface area contributed by atoms with Crippen LogP contribution in [0.4, 0.5) is 0 Å². The van der Waals surface area contributed by atoms with Crippen LogP contribution >= 0.6 is 0 Å². The lowest BCUT2D eigenvalue weighted by molar-refractivity contribution is -0.139. The number of esters is 1. The van der Waals surface area contributed by atoms with Gasteiger partial charge < -0.3 is 4.74 Å². The maximum atomic E-state index is 11.1. The molecular weight excluding hydrogens is 192 g/mol. The maximum Gasteiger partial charge on any atom is 0.309 e. The fourth-order valence-electron chi connectivity index (χ4n) is 1.23. The molecule has 0 bridgehead atoms. The van der Waals surface area contributed by atoms with Gasteiger partial charge in [-0.1, -0.05) is 30.3 Å². The molecule has 0 fully saturated rings. The van der Waals surface area contributed by atoms with Gasteiger partial charge >= 0.3 is 5.97 Å². The first-order valence-electron chi connectivity index (χ1n) is 4.54. The average Bonchev–Trinajstić information content (AvgIpc) is 2.28. The topological polar surface area (TPSA) is 43.4 Å². The van der Waals surface area contributed by atoms with Crippen molar-refractivity contribution < 1.29 is 14.3 Å². The van der Waals surface area contributed by atoms with E-state index in [1.54, 1.807) is 6.08 Å². The molecule has 0 amide bonds. The number of hydrogen-bond donors (Lipinski definition) is 0. The third-order valence-corrected chi connectivity index (χ3v) is 1.97. The van der Waals surface area contributed by atoms with Crippen LogP contribution in [0.1, 0.15) is 11.1 Å². The molecule has 0 heterocycles. The third-order valence-electron chi connectivity index (χ3n) is 1.97. The molecule has 0 spiro atoms. The lowest BCUT2D eigenvalue weighted by atomic mass is 10.0. The smallest absolute Gasteiger partial charge is 0.309 e. The SMILES string of the molecule is COC(=O)Cc1ccccc1C=CC=O. The second-order valence-electron chi connectivity index (χ2n) is 2.95. The fourth-order valence-corrected chi connectivity index (χ4v) is 1.23. The Morgan fingerprint density at radius 3 is 2.80 bits per heavy atom. The van der Waals surface area contributed by atoms with Crippen LogP contribution < -0.4 is 0 Å². The van der Waals surface area contributed by atoms with E-state index >= 15 is 0 Å². The van der Waals surface area contributed by atoms with Gasteiger partial charge in [0.05, 0.1) is 13.5 Å². The van der Waals surface area contributed by atoms with E-state index in [1.807, 2.05) is 24.3 Å². The highest BCUT2D eigenvalue weighted by Gasteiger charge is 2.05. The van der Waals surface area contributed by atoms with Crippen molar-refractivity contribution in [3.63, 3.8) is 0 Å². The van der Waals surface area contributed by atoms with Gasteiger partial charge in [-0.15, -0.1) is 0 Å². The molecule has 0 aliphatic carbocycles. The maximum absolute atomic E-state index is 11.1. The molecule has 0 aromatic heterocycles. The van der Waals surface area contributed by atoms with Crippen molar-refractivity contribution in [1.29, 1.82) is 0 Å². The molecule has 3 heteroatoms. The van der Waals surface area contributed by atoms with Crippen LogP contribution in [-0.4, -0.2) is 19.4 Å². The molecule has 1 rings (SSSR count). The van der Waals surface area contributed by atoms with Gasteiger partial charge in [0.25, 0.3) is 0 Å². The van der Waals surface area contributed by atoms with Crippen LogP contribution in [0.2, 0.25) is 0 Å². The molecule has 1 aromatic carbocycles. The first-order valence-corrected chi connectivity index (χ1v) is 4.54. The molecule has 0 saturated carbocycles. The predicted molar refractivity (Wildman–Crippen MR) is 57.3 cm³/mol. The zero-order valence-corrected chi connectivity index (χ0v) is 8.47. The van der Waals surface area contributed by atoms with Gasteiger partial charge in [-0.05, 0) is 17.2 Å². The first-order chi connectivity index (χ1) is 7.27. The summed E-state index contributed by atoms with van der Waals surface area (Å²) < 4.78 is 4.58. The molecule has 0 saturated heterocycles. The number of rotatable bonds is 4. The Bertz CT molecular complexity index is 380. The second-order valence-corrected chi connectivity index (χ2v) is 2.95. The van der Waals surface area contributed by atoms with Crippen molar-refractivity contribution in [2.75, 3.05) is 7.11 Å². The van der Waals surface area contributed by atoms with Crippen LogP contribution in [0, 0.1) is 0 Å². The Labute approximate surface area is 88.4 Å². The number of aldehydes is 1. The number of carbonyl (C=O) groups is 2. The summed E-state index contributed by atoms with van der Waals surface area (Å²) in [6.07, 6.45) is 3.99. The molecule has 15 heavy (non-hydrogen) atoms. The molecule has 0 N–H and O–H groups in total. The summed E-state index contributed by atoms with van der Waals surface area (Å²) >= 11 is 0. The standard InChI is InChI=1S/C12H12O3/c1-15-12(14)9-11-6-3-2-5-10(11)7-4-8-13/h2-8H,9H2,1H3. The van der Waals surface area contributed by atoms with E-state index in [2.05, 4.69) is 4.74 Å². The summed E-state index contributed by atoms with van der Waals surface area (Å²) in [4.78, 5) is 21.3. The van der Waals surface area contributed by atoms with Crippen molar-refractivity contribution in [2.45, 2.75) is 6.42 Å². The fraction of sp³-hybridized carbons (Fsp3) is 0.167. The number of methoxy groups -OCH3 is 1. The molecule has 0 atom stereocenters. The van der Waals surface area contributed by atoms with Crippen molar-refractivity contribution in [1.82, 2.24) is 0 Å². The minimum Gasteiger partial charge on any atom is -0.469 e. The zero-order chi connectivity index (χ0) is 11.1. The van der Waals surface area contributed by atoms with Crippen LogP contribution in [0.25, 0.3) is 6.08 Å². The monoisotopic (exact) mass is 204 g/mol. The largest absolute Gasteiger partial charge is 0.469 e. The molecule has 0 unspecified atom stereocenters. The Balaban J connectivity index is 2.90. The number of hydrogen-bond acceptors (Lipinski definition) is 3. The number of allylic oxidation sites excluding steroid dienone is 1. The average molecular weight is 204 g/mol. The Hall–Kier alpha value is -1.90. The molecular formula is C12H12O3. The number of benzene rings is 1. The van der Waals surface area contributed by atoms with Crippen LogP contribution in [0.3, 0.4) is 0 Å². The quantitative estimate of drug-likeness (QED) is 0.425. The molecule has 3 nitrogen and oxygen atoms in total. The van der Waals surface area contributed by atoms with Crippen LogP contribution in [0.5, 0.6) is 0 Å². The van der Waals surface area contributed by atoms with Gasteiger partial charge in [-0.3, -0.25) is 9.59 Å². The van der Waals surface area contributed by atoms with E-state index in [0.29, 0.717) is 6.29 Å². The van der Waals surface area contributed by atoms with Crippen molar-refractivity contribution in [3.05, 3.63) is 41.5 Å². The van der Waals surface area contributed by atoms with Gasteiger partial charge in [0.15, 0.2) is 0 Å². The predicted octanol–water partition coefficient (Wildman–Crippen LogP) is 1.61. The molecule has 0 aliphatic rings. The Morgan fingerprint density at radius 1 is 1.40 bits per heavy atom. The highest BCUT2D eigenvalue weighted by atomic mass is 16.5. The molecule has 0 aliphatic heterocycles. The lowest BCUT2D eigenvalue weighted by Crippen LogP contribution is -2.05. The minimum atomic E-state index is -0.290. The summed E-state index contributed by atoms with van der Waals surface area (Å²) in [5.74, 6) is -0.290. The summed E-state index contributed by atoms with van der Waals surface area (Å²) in [5.41, 5.74) is 1.71. The van der Waals surface area contributed by atoms with Crippen molar-refractivity contribution >= 4 is 18.3 Å². The van der Waals surface area contributed by atoms with Crippen LogP contribution in [0.15, 0.2) is 30.3 Å². The Morgan fingerprint density at radius 2 is 2.13 bits per heavy atom. The number of carbonyl (C=O) groups excluding carboxylic acids is 2. The molecule has 78 valence electrons. The molecule has 1 aromatic rings. The van der Waals surface area contributed by atoms with E-state index in [-0.39, 0.29) is 12.4 Å². The third kappa shape index (κ3) is 3.38. The lowest BCUT2D eigenvalue weighted by Gasteiger charge is -2.03. The highest BCUT2D eigenvalue weighted by Crippen LogP contribution is 2.11. The second kappa shape index (κ2) is 5.75. The zero-order valence-electron chi connectivity index (χ0n) is 8.47. The van der Waals surface area contributed by atoms with E-state index in [4.69, 9.17) is 0 Å². The molecule has 0 radical (unpaired) electrons.